The van der Waals surface area contributed by atoms with Gasteiger partial charge in [-0.1, -0.05) is 12.1 Å². The number of benzene rings is 1. The van der Waals surface area contributed by atoms with E-state index in [-0.39, 0.29) is 0 Å². The first-order valence-electron chi connectivity index (χ1n) is 9.38. The molecule has 14 heteroatoms. The van der Waals surface area contributed by atoms with Crippen LogP contribution < -0.4 is 20.4 Å². The molecule has 1 aliphatic heterocycles. The lowest BCUT2D eigenvalue weighted by Gasteiger charge is -2.27. The predicted molar refractivity (Wildman–Crippen MR) is 103 cm³/mol. The molecule has 0 radical (unpaired) electrons. The highest BCUT2D eigenvalue weighted by molar-refractivity contribution is 6.11. The molecular weight excluding hydrogens is 462 g/mol. The van der Waals surface area contributed by atoms with E-state index in [1.165, 1.54) is 26.1 Å². The van der Waals surface area contributed by atoms with Crippen molar-refractivity contribution >= 4 is 35.0 Å². The van der Waals surface area contributed by atoms with Crippen LogP contribution in [-0.4, -0.2) is 67.6 Å². The Morgan fingerprint density at radius 1 is 1.03 bits per heavy atom. The van der Waals surface area contributed by atoms with Gasteiger partial charge in [0.25, 0.3) is 23.4 Å². The minimum Gasteiger partial charge on any atom is -0.346 e. The summed E-state index contributed by atoms with van der Waals surface area (Å²) in [6.45, 7) is -1.23. The molecule has 0 aliphatic carbocycles. The largest absolute Gasteiger partial charge is 0.455 e. The minimum absolute atomic E-state index is 0.296. The van der Waals surface area contributed by atoms with Crippen LogP contribution in [0, 0.1) is 0 Å². The number of halogens is 6. The number of para-hydroxylation sites is 2. The summed E-state index contributed by atoms with van der Waals surface area (Å²) in [5.41, 5.74) is -3.00. The van der Waals surface area contributed by atoms with Gasteiger partial charge in [-0.3, -0.25) is 19.2 Å². The molecule has 0 fully saturated rings. The first-order valence-corrected chi connectivity index (χ1v) is 9.38. The zero-order chi connectivity index (χ0) is 25.4. The number of nitrogens with zero attached hydrogens (tertiary/aromatic N) is 2. The second-order valence-corrected chi connectivity index (χ2v) is 7.43. The van der Waals surface area contributed by atoms with Gasteiger partial charge in [-0.2, -0.15) is 22.0 Å². The van der Waals surface area contributed by atoms with Crippen LogP contribution in [0.1, 0.15) is 13.8 Å². The molecule has 8 nitrogen and oxygen atoms in total. The fraction of sp³-hybridized carbons (Fsp3) is 0.474. The second-order valence-electron chi connectivity index (χ2n) is 7.43. The normalized spacial score (nSPS) is 18.7. The van der Waals surface area contributed by atoms with Crippen molar-refractivity contribution in [2.24, 2.45) is 0 Å². The van der Waals surface area contributed by atoms with E-state index in [0.29, 0.717) is 18.3 Å². The molecule has 0 saturated carbocycles. The van der Waals surface area contributed by atoms with E-state index in [2.05, 4.69) is 0 Å². The van der Waals surface area contributed by atoms with Gasteiger partial charge in [0.2, 0.25) is 5.91 Å². The van der Waals surface area contributed by atoms with Crippen molar-refractivity contribution in [3.05, 3.63) is 24.3 Å². The van der Waals surface area contributed by atoms with Crippen LogP contribution in [0.3, 0.4) is 0 Å². The highest BCUT2D eigenvalue weighted by Crippen LogP contribution is 2.35. The number of hydrogen-bond acceptors (Lipinski definition) is 4. The van der Waals surface area contributed by atoms with E-state index in [1.54, 1.807) is 12.1 Å². The van der Waals surface area contributed by atoms with Crippen molar-refractivity contribution in [2.75, 3.05) is 29.9 Å². The van der Waals surface area contributed by atoms with Crippen LogP contribution >= 0.6 is 0 Å². The van der Waals surface area contributed by atoms with Crippen LogP contribution in [0.4, 0.5) is 37.7 Å². The number of nitrogens with one attached hydrogen (secondary N) is 2. The first-order chi connectivity index (χ1) is 15.0. The lowest BCUT2D eigenvalue weighted by atomic mass is 10.1. The maximum absolute atomic E-state index is 14.8. The van der Waals surface area contributed by atoms with E-state index in [9.17, 15) is 45.5 Å². The number of amides is 4. The maximum atomic E-state index is 14.8. The van der Waals surface area contributed by atoms with Gasteiger partial charge >= 0.3 is 12.1 Å². The van der Waals surface area contributed by atoms with Crippen LogP contribution in [0.15, 0.2) is 24.3 Å². The first kappa shape index (κ1) is 25.9. The predicted octanol–water partition coefficient (Wildman–Crippen LogP) is 1.54. The van der Waals surface area contributed by atoms with Crippen molar-refractivity contribution < 1.29 is 45.5 Å². The number of rotatable bonds is 5. The highest BCUT2D eigenvalue weighted by Gasteiger charge is 2.58. The molecule has 182 valence electrons. The van der Waals surface area contributed by atoms with Crippen LogP contribution in [0.5, 0.6) is 0 Å². The monoisotopic (exact) mass is 482 g/mol. The third kappa shape index (κ3) is 5.20. The lowest BCUT2D eigenvalue weighted by molar-refractivity contribution is -0.278. The fourth-order valence-electron chi connectivity index (χ4n) is 2.95. The van der Waals surface area contributed by atoms with E-state index in [4.69, 9.17) is 0 Å². The Kier molecular flexibility index (Phi) is 7.00. The quantitative estimate of drug-likeness (QED) is 0.492. The van der Waals surface area contributed by atoms with Gasteiger partial charge in [0.05, 0.1) is 24.5 Å². The van der Waals surface area contributed by atoms with Crippen molar-refractivity contribution in [1.29, 1.82) is 0 Å². The maximum Gasteiger partial charge on any atom is 0.455 e. The second kappa shape index (κ2) is 8.90. The van der Waals surface area contributed by atoms with Crippen LogP contribution in [0.2, 0.25) is 0 Å². The summed E-state index contributed by atoms with van der Waals surface area (Å²) in [6.07, 6.45) is -6.00. The van der Waals surface area contributed by atoms with Crippen molar-refractivity contribution in [3.63, 3.8) is 0 Å². The smallest absolute Gasteiger partial charge is 0.346 e. The number of fused-ring (bicyclic) bond motifs is 1. The molecule has 1 unspecified atom stereocenters. The van der Waals surface area contributed by atoms with Gasteiger partial charge in [-0.15, -0.1) is 0 Å². The number of carbonyl (C=O) groups is 4. The van der Waals surface area contributed by atoms with Gasteiger partial charge in [0.1, 0.15) is 6.04 Å². The van der Waals surface area contributed by atoms with Gasteiger partial charge in [-0.05, 0) is 19.1 Å². The van der Waals surface area contributed by atoms with Crippen molar-refractivity contribution in [2.45, 2.75) is 37.7 Å². The number of likely N-dealkylation sites (N-methyl/N-ethyl adjacent to an activating group) is 1. The zero-order valence-corrected chi connectivity index (χ0v) is 17.6. The third-order valence-electron chi connectivity index (χ3n) is 4.95. The Morgan fingerprint density at radius 3 is 2.09 bits per heavy atom. The fourth-order valence-corrected chi connectivity index (χ4v) is 2.95. The van der Waals surface area contributed by atoms with Gasteiger partial charge < -0.3 is 20.4 Å². The molecule has 0 saturated heterocycles. The summed E-state index contributed by atoms with van der Waals surface area (Å²) in [5.74, 6) is -10.5. The summed E-state index contributed by atoms with van der Waals surface area (Å²) in [4.78, 5) is 51.4. The number of anilines is 2. The van der Waals surface area contributed by atoms with E-state index in [1.807, 2.05) is 5.32 Å². The number of alkyl halides is 6. The molecule has 4 amide bonds. The molecule has 1 heterocycles. The van der Waals surface area contributed by atoms with Gasteiger partial charge in [-0.25, -0.2) is 4.39 Å². The lowest BCUT2D eigenvalue weighted by Crippen LogP contribution is -2.60. The Labute approximate surface area is 183 Å². The molecule has 2 atom stereocenters. The van der Waals surface area contributed by atoms with Gasteiger partial charge in [0.15, 0.2) is 0 Å². The molecule has 2 rings (SSSR count). The SMILES string of the molecule is CC(=O)N1CC(NC(=O)[C@@](C)(F)C(=O)NCC(F)(F)C(F)(F)F)C(=O)N(C)c2ccccc21. The highest BCUT2D eigenvalue weighted by atomic mass is 19.4. The molecular formula is C19H20F6N4O4. The molecule has 1 aliphatic rings. The number of hydrogen-bond donors (Lipinski definition) is 2. The Hall–Kier alpha value is -3.32. The summed E-state index contributed by atoms with van der Waals surface area (Å²) in [6, 6.07) is 4.66. The van der Waals surface area contributed by atoms with E-state index in [0.717, 1.165) is 15.1 Å². The Bertz CT molecular complexity index is 966. The van der Waals surface area contributed by atoms with Crippen LogP contribution in [-0.2, 0) is 19.2 Å². The molecule has 1 aromatic rings. The summed E-state index contributed by atoms with van der Waals surface area (Å²) < 4.78 is 77.5. The standard InChI is InChI=1S/C19H20F6N4O4/c1-10(30)29-8-11(14(31)28(3)12-6-4-5-7-13(12)29)27-16(33)17(2,20)15(32)26-9-18(21,22)19(23,24)25/h4-7,11H,8-9H2,1-3H3,(H,26,32)(H,27,33)/t11?,17-/m0/s1. The number of carbonyl (C=O) groups excluding carboxylic acids is 4. The molecule has 2 N–H and O–H groups in total. The molecule has 33 heavy (non-hydrogen) atoms. The topological polar surface area (TPSA) is 98.8 Å². The average molecular weight is 482 g/mol. The summed E-state index contributed by atoms with van der Waals surface area (Å²) >= 11 is 0. The van der Waals surface area contributed by atoms with Crippen molar-refractivity contribution in [1.82, 2.24) is 10.6 Å². The molecule has 0 spiro atoms. The minimum atomic E-state index is -6.00. The Morgan fingerprint density at radius 2 is 1.58 bits per heavy atom. The van der Waals surface area contributed by atoms with Gasteiger partial charge in [0, 0.05) is 14.0 Å². The molecule has 0 aromatic heterocycles. The average Bonchev–Trinajstić information content (AvgIpc) is 2.81. The summed E-state index contributed by atoms with van der Waals surface area (Å²) in [7, 11) is 1.32. The van der Waals surface area contributed by atoms with E-state index < -0.39 is 60.5 Å². The van der Waals surface area contributed by atoms with Crippen molar-refractivity contribution in [3.8, 4) is 0 Å². The molecule has 0 bridgehead atoms. The zero-order valence-electron chi connectivity index (χ0n) is 17.6. The van der Waals surface area contributed by atoms with Crippen LogP contribution in [0.25, 0.3) is 0 Å². The Balaban J connectivity index is 2.21. The summed E-state index contributed by atoms with van der Waals surface area (Å²) in [5, 5.41) is 2.99. The van der Waals surface area contributed by atoms with E-state index >= 15 is 0 Å². The third-order valence-corrected chi connectivity index (χ3v) is 4.95. The molecule has 1 aromatic carbocycles.